The minimum Gasteiger partial charge on any atom is -0.381 e. The van der Waals surface area contributed by atoms with Crippen LogP contribution in [0.25, 0.3) is 0 Å². The van der Waals surface area contributed by atoms with Gasteiger partial charge in [0, 0.05) is 7.11 Å². The van der Waals surface area contributed by atoms with Crippen LogP contribution in [-0.4, -0.2) is 13.2 Å². The second-order valence-corrected chi connectivity index (χ2v) is 9.24. The van der Waals surface area contributed by atoms with E-state index < -0.39 is 0 Å². The Hall–Kier alpha value is -0.890. The second kappa shape index (κ2) is 8.00. The van der Waals surface area contributed by atoms with E-state index in [4.69, 9.17) is 4.74 Å². The Morgan fingerprint density at radius 2 is 1.81 bits per heavy atom. The molecule has 26 heavy (non-hydrogen) atoms. The molecule has 0 aliphatic heterocycles. The van der Waals surface area contributed by atoms with E-state index in [9.17, 15) is 4.39 Å². The van der Waals surface area contributed by atoms with E-state index in [0.29, 0.717) is 12.0 Å². The number of fused-ring (bicyclic) bond motifs is 2. The number of benzene rings is 1. The average molecular weight is 359 g/mol. The quantitative estimate of drug-likeness (QED) is 0.602. The van der Waals surface area contributed by atoms with Gasteiger partial charge in [-0.15, -0.1) is 0 Å². The van der Waals surface area contributed by atoms with Gasteiger partial charge >= 0.3 is 0 Å². The number of aryl methyl sites for hydroxylation is 1. The normalized spacial score (nSPS) is 34.2. The predicted octanol–water partition coefficient (Wildman–Crippen LogP) is 6.43. The molecule has 4 rings (SSSR count). The van der Waals surface area contributed by atoms with Crippen molar-refractivity contribution >= 4 is 0 Å². The van der Waals surface area contributed by atoms with Crippen molar-refractivity contribution in [2.24, 2.45) is 17.8 Å². The topological polar surface area (TPSA) is 9.23 Å². The van der Waals surface area contributed by atoms with Crippen molar-refractivity contribution < 1.29 is 9.13 Å². The SMILES string of the molecule is CCCC1CCc2cc(C3CCC4CC(OC)CCC4C3)c(F)cc2C1. The van der Waals surface area contributed by atoms with Crippen molar-refractivity contribution in [3.05, 3.63) is 34.6 Å². The van der Waals surface area contributed by atoms with Gasteiger partial charge < -0.3 is 4.74 Å². The van der Waals surface area contributed by atoms with Gasteiger partial charge in [0.05, 0.1) is 6.10 Å². The van der Waals surface area contributed by atoms with Crippen LogP contribution in [0.15, 0.2) is 12.1 Å². The van der Waals surface area contributed by atoms with Crippen LogP contribution < -0.4 is 0 Å². The van der Waals surface area contributed by atoms with Crippen LogP contribution in [0, 0.1) is 23.6 Å². The van der Waals surface area contributed by atoms with Crippen molar-refractivity contribution in [2.75, 3.05) is 7.11 Å². The minimum absolute atomic E-state index is 0.0786. The lowest BCUT2D eigenvalue weighted by Crippen LogP contribution is -2.33. The van der Waals surface area contributed by atoms with Gasteiger partial charge in [-0.1, -0.05) is 25.8 Å². The number of halogens is 1. The Labute approximate surface area is 158 Å². The molecule has 0 amide bonds. The molecule has 5 atom stereocenters. The molecule has 3 aliphatic rings. The van der Waals surface area contributed by atoms with E-state index in [2.05, 4.69) is 13.0 Å². The van der Waals surface area contributed by atoms with Crippen LogP contribution in [0.2, 0.25) is 0 Å². The molecule has 1 aromatic carbocycles. The maximum atomic E-state index is 15.0. The lowest BCUT2D eigenvalue weighted by Gasteiger charge is -2.42. The van der Waals surface area contributed by atoms with Crippen molar-refractivity contribution in [3.63, 3.8) is 0 Å². The molecule has 0 spiro atoms. The summed E-state index contributed by atoms with van der Waals surface area (Å²) in [7, 11) is 1.85. The summed E-state index contributed by atoms with van der Waals surface area (Å²) in [5.41, 5.74) is 3.77. The summed E-state index contributed by atoms with van der Waals surface area (Å²) in [6.07, 6.45) is 13.8. The second-order valence-electron chi connectivity index (χ2n) is 9.24. The molecule has 1 aromatic rings. The van der Waals surface area contributed by atoms with Gasteiger partial charge in [0.2, 0.25) is 0 Å². The van der Waals surface area contributed by atoms with E-state index in [0.717, 1.165) is 42.6 Å². The third kappa shape index (κ3) is 3.72. The molecule has 0 N–H and O–H groups in total. The van der Waals surface area contributed by atoms with Crippen LogP contribution in [0.3, 0.4) is 0 Å². The van der Waals surface area contributed by atoms with Crippen molar-refractivity contribution in [1.29, 1.82) is 0 Å². The molecule has 0 radical (unpaired) electrons. The molecule has 144 valence electrons. The van der Waals surface area contributed by atoms with Crippen molar-refractivity contribution in [2.45, 2.75) is 89.6 Å². The molecule has 2 fully saturated rings. The fourth-order valence-corrected chi connectivity index (χ4v) is 6.18. The Morgan fingerprint density at radius 3 is 2.62 bits per heavy atom. The van der Waals surface area contributed by atoms with Gasteiger partial charge in [-0.25, -0.2) is 4.39 Å². The molecular weight excluding hydrogens is 323 g/mol. The van der Waals surface area contributed by atoms with Gasteiger partial charge in [0.25, 0.3) is 0 Å². The molecule has 5 unspecified atom stereocenters. The summed E-state index contributed by atoms with van der Waals surface area (Å²) in [5, 5.41) is 0. The van der Waals surface area contributed by atoms with Gasteiger partial charge in [0.15, 0.2) is 0 Å². The minimum atomic E-state index is 0.0786. The Bertz CT molecular complexity index is 625. The maximum absolute atomic E-state index is 15.0. The highest BCUT2D eigenvalue weighted by Gasteiger charge is 2.37. The van der Waals surface area contributed by atoms with E-state index in [1.165, 1.54) is 62.5 Å². The molecule has 0 saturated heterocycles. The van der Waals surface area contributed by atoms with Gasteiger partial charge in [0.1, 0.15) is 5.82 Å². The monoisotopic (exact) mass is 358 g/mol. The fraction of sp³-hybridized carbons (Fsp3) is 0.750. The number of hydrogen-bond donors (Lipinski definition) is 0. The lowest BCUT2D eigenvalue weighted by molar-refractivity contribution is 0.0121. The van der Waals surface area contributed by atoms with E-state index in [1.807, 2.05) is 13.2 Å². The first kappa shape index (κ1) is 18.5. The largest absolute Gasteiger partial charge is 0.381 e. The van der Waals surface area contributed by atoms with Crippen molar-refractivity contribution in [1.82, 2.24) is 0 Å². The summed E-state index contributed by atoms with van der Waals surface area (Å²) in [5.74, 6) is 2.87. The number of ether oxygens (including phenoxy) is 1. The summed E-state index contributed by atoms with van der Waals surface area (Å²) in [4.78, 5) is 0. The van der Waals surface area contributed by atoms with Crippen molar-refractivity contribution in [3.8, 4) is 0 Å². The third-order valence-corrected chi connectivity index (χ3v) is 7.68. The van der Waals surface area contributed by atoms with Crippen LogP contribution in [-0.2, 0) is 17.6 Å². The highest BCUT2D eigenvalue weighted by molar-refractivity contribution is 5.37. The first-order valence-electron chi connectivity index (χ1n) is 11.0. The van der Waals surface area contributed by atoms with E-state index in [-0.39, 0.29) is 5.82 Å². The third-order valence-electron chi connectivity index (χ3n) is 7.68. The standard InChI is InChI=1S/C24H35FO/c1-3-4-16-5-6-19-14-23(24(25)15-21(19)11-16)20-8-7-18-13-22(26-2)10-9-17(18)12-20/h14-18,20,22H,3-13H2,1-2H3. The van der Waals surface area contributed by atoms with E-state index in [1.54, 1.807) is 0 Å². The average Bonchev–Trinajstić information content (AvgIpc) is 2.67. The molecule has 1 nitrogen and oxygen atoms in total. The number of hydrogen-bond acceptors (Lipinski definition) is 1. The maximum Gasteiger partial charge on any atom is 0.126 e. The Balaban J connectivity index is 1.47. The van der Waals surface area contributed by atoms with Crippen LogP contribution in [0.5, 0.6) is 0 Å². The zero-order chi connectivity index (χ0) is 18.1. The zero-order valence-electron chi connectivity index (χ0n) is 16.6. The van der Waals surface area contributed by atoms with Crippen LogP contribution in [0.4, 0.5) is 4.39 Å². The molecule has 0 heterocycles. The van der Waals surface area contributed by atoms with E-state index >= 15 is 0 Å². The molecule has 0 bridgehead atoms. The summed E-state index contributed by atoms with van der Waals surface area (Å²) in [6.45, 7) is 2.26. The lowest BCUT2D eigenvalue weighted by atomic mass is 9.65. The summed E-state index contributed by atoms with van der Waals surface area (Å²) in [6, 6.07) is 4.17. The van der Waals surface area contributed by atoms with Gasteiger partial charge in [-0.3, -0.25) is 0 Å². The molecule has 2 heteroatoms. The van der Waals surface area contributed by atoms with Gasteiger partial charge in [-0.2, -0.15) is 0 Å². The first-order chi connectivity index (χ1) is 12.7. The van der Waals surface area contributed by atoms with Crippen LogP contribution in [0.1, 0.15) is 87.3 Å². The summed E-state index contributed by atoms with van der Waals surface area (Å²) < 4.78 is 20.6. The fourth-order valence-electron chi connectivity index (χ4n) is 6.18. The predicted molar refractivity (Wildman–Crippen MR) is 105 cm³/mol. The number of methoxy groups -OCH3 is 1. The Morgan fingerprint density at radius 1 is 1.00 bits per heavy atom. The highest BCUT2D eigenvalue weighted by atomic mass is 19.1. The molecule has 0 aromatic heterocycles. The number of rotatable bonds is 4. The highest BCUT2D eigenvalue weighted by Crippen LogP contribution is 2.47. The summed E-state index contributed by atoms with van der Waals surface area (Å²) >= 11 is 0. The molecule has 2 saturated carbocycles. The first-order valence-corrected chi connectivity index (χ1v) is 11.0. The van der Waals surface area contributed by atoms with Crippen LogP contribution >= 0.6 is 0 Å². The van der Waals surface area contributed by atoms with Gasteiger partial charge in [-0.05, 0) is 104 Å². The smallest absolute Gasteiger partial charge is 0.126 e. The zero-order valence-corrected chi connectivity index (χ0v) is 16.6. The Kier molecular flexibility index (Phi) is 5.69. The molecule has 3 aliphatic carbocycles. The molecular formula is C24H35FO.